The zero-order valence-corrected chi connectivity index (χ0v) is 29.0. The summed E-state index contributed by atoms with van der Waals surface area (Å²) in [5, 5.41) is 10.0. The number of rotatable bonds is 36. The van der Waals surface area contributed by atoms with Gasteiger partial charge in [-0.25, -0.2) is 0 Å². The molecule has 252 valence electrons. The van der Waals surface area contributed by atoms with Crippen LogP contribution in [0.2, 0.25) is 0 Å². The molecule has 4 heteroatoms. The Morgan fingerprint density at radius 1 is 0.476 bits per heavy atom. The number of nitrogens with two attached hydrogens (primary N) is 1. The van der Waals surface area contributed by atoms with E-state index in [9.17, 15) is 9.90 Å². The van der Waals surface area contributed by atoms with Gasteiger partial charge in [-0.15, -0.1) is 0 Å². The molecule has 0 fully saturated rings. The van der Waals surface area contributed by atoms with Gasteiger partial charge in [0.05, 0.1) is 0 Å². The topological polar surface area (TPSA) is 66.6 Å². The highest BCUT2D eigenvalue weighted by Gasteiger charge is 2.24. The fourth-order valence-corrected chi connectivity index (χ4v) is 6.39. The predicted octanol–water partition coefficient (Wildman–Crippen LogP) is 11.8. The molecule has 0 radical (unpaired) electrons. The van der Waals surface area contributed by atoms with Crippen molar-refractivity contribution in [2.45, 2.75) is 219 Å². The number of carboxylic acid groups (broad SMARTS) is 1. The molecule has 0 aromatic carbocycles. The summed E-state index contributed by atoms with van der Waals surface area (Å²) in [4.78, 5) is 14.5. The van der Waals surface area contributed by atoms with Gasteiger partial charge in [0.2, 0.25) is 0 Å². The molecular formula is C38H78N2O2. The van der Waals surface area contributed by atoms with Crippen LogP contribution in [0.1, 0.15) is 213 Å². The van der Waals surface area contributed by atoms with Crippen molar-refractivity contribution in [3.8, 4) is 0 Å². The summed E-state index contributed by atoms with van der Waals surface area (Å²) in [6.07, 6.45) is 40.7. The SMILES string of the molecule is CCCCCCCCCCCCCCCCN(CCCCCCCCCCCCCCCC)C(CCCCN)C(=O)O. The normalized spacial score (nSPS) is 12.4. The molecule has 0 aromatic heterocycles. The van der Waals surface area contributed by atoms with Crippen molar-refractivity contribution in [1.82, 2.24) is 4.90 Å². The maximum absolute atomic E-state index is 12.2. The number of hydrogen-bond donors (Lipinski definition) is 2. The molecule has 0 bridgehead atoms. The van der Waals surface area contributed by atoms with Gasteiger partial charge in [0.15, 0.2) is 0 Å². The first-order chi connectivity index (χ1) is 20.7. The quantitative estimate of drug-likeness (QED) is 0.0708. The van der Waals surface area contributed by atoms with Gasteiger partial charge in [0, 0.05) is 0 Å². The second kappa shape index (κ2) is 34.9. The Bertz CT molecular complexity index is 495. The largest absolute Gasteiger partial charge is 0.480 e. The highest BCUT2D eigenvalue weighted by Crippen LogP contribution is 2.17. The smallest absolute Gasteiger partial charge is 0.320 e. The minimum Gasteiger partial charge on any atom is -0.480 e. The first kappa shape index (κ1) is 41.4. The van der Waals surface area contributed by atoms with E-state index in [-0.39, 0.29) is 6.04 Å². The van der Waals surface area contributed by atoms with Gasteiger partial charge in [-0.05, 0) is 45.3 Å². The molecule has 1 unspecified atom stereocenters. The van der Waals surface area contributed by atoms with Crippen LogP contribution in [0.3, 0.4) is 0 Å². The Labute approximate surface area is 264 Å². The molecule has 0 saturated carbocycles. The summed E-state index contributed by atoms with van der Waals surface area (Å²) in [6, 6.07) is -0.333. The third-order valence-corrected chi connectivity index (χ3v) is 9.26. The maximum atomic E-state index is 12.2. The number of aliphatic carboxylic acids is 1. The molecule has 0 aromatic rings. The molecule has 0 amide bonds. The second-order valence-corrected chi connectivity index (χ2v) is 13.4. The summed E-state index contributed by atoms with van der Waals surface area (Å²) in [5.41, 5.74) is 5.69. The number of hydrogen-bond acceptors (Lipinski definition) is 3. The van der Waals surface area contributed by atoms with Crippen LogP contribution >= 0.6 is 0 Å². The molecule has 0 aliphatic heterocycles. The number of carboxylic acids is 1. The lowest BCUT2D eigenvalue weighted by molar-refractivity contribution is -0.143. The van der Waals surface area contributed by atoms with E-state index in [1.54, 1.807) is 0 Å². The third kappa shape index (κ3) is 29.5. The van der Waals surface area contributed by atoms with E-state index in [0.29, 0.717) is 6.54 Å². The molecule has 0 heterocycles. The van der Waals surface area contributed by atoms with Crippen LogP contribution in [0.25, 0.3) is 0 Å². The molecule has 4 nitrogen and oxygen atoms in total. The summed E-state index contributed by atoms with van der Waals surface area (Å²) < 4.78 is 0. The Hall–Kier alpha value is -0.610. The van der Waals surface area contributed by atoms with Gasteiger partial charge in [0.25, 0.3) is 0 Å². The maximum Gasteiger partial charge on any atom is 0.320 e. The van der Waals surface area contributed by atoms with E-state index in [0.717, 1.165) is 45.2 Å². The van der Waals surface area contributed by atoms with Crippen molar-refractivity contribution < 1.29 is 9.90 Å². The molecule has 1 atom stereocenters. The summed E-state index contributed by atoms with van der Waals surface area (Å²) in [7, 11) is 0. The number of unbranched alkanes of at least 4 members (excludes halogenated alkanes) is 27. The summed E-state index contributed by atoms with van der Waals surface area (Å²) in [6.45, 7) is 7.11. The molecule has 42 heavy (non-hydrogen) atoms. The Morgan fingerprint density at radius 3 is 1.02 bits per heavy atom. The number of carbonyl (C=O) groups is 1. The van der Waals surface area contributed by atoms with Gasteiger partial charge in [-0.2, -0.15) is 0 Å². The molecular weight excluding hydrogens is 516 g/mol. The molecule has 0 aliphatic rings. The molecule has 0 spiro atoms. The molecule has 3 N–H and O–H groups in total. The van der Waals surface area contributed by atoms with Crippen LogP contribution in [0.4, 0.5) is 0 Å². The van der Waals surface area contributed by atoms with Crippen LogP contribution in [-0.2, 0) is 4.79 Å². The molecule has 0 rings (SSSR count). The van der Waals surface area contributed by atoms with E-state index < -0.39 is 5.97 Å². The average molecular weight is 595 g/mol. The van der Waals surface area contributed by atoms with Gasteiger partial charge in [0.1, 0.15) is 6.04 Å². The van der Waals surface area contributed by atoms with Gasteiger partial charge in [-0.1, -0.05) is 187 Å². The van der Waals surface area contributed by atoms with Gasteiger partial charge >= 0.3 is 5.97 Å². The van der Waals surface area contributed by atoms with E-state index >= 15 is 0 Å². The summed E-state index contributed by atoms with van der Waals surface area (Å²) in [5.74, 6) is -0.636. The van der Waals surface area contributed by atoms with Crippen molar-refractivity contribution in [2.75, 3.05) is 19.6 Å². The minimum absolute atomic E-state index is 0.333. The number of nitrogens with zero attached hydrogens (tertiary/aromatic N) is 1. The average Bonchev–Trinajstić information content (AvgIpc) is 2.98. The van der Waals surface area contributed by atoms with Crippen LogP contribution in [0.5, 0.6) is 0 Å². The molecule has 0 saturated heterocycles. The minimum atomic E-state index is -0.636. The van der Waals surface area contributed by atoms with E-state index in [2.05, 4.69) is 18.7 Å². The van der Waals surface area contributed by atoms with E-state index in [4.69, 9.17) is 5.73 Å². The molecule has 0 aliphatic carbocycles. The highest BCUT2D eigenvalue weighted by molar-refractivity contribution is 5.73. The Morgan fingerprint density at radius 2 is 0.762 bits per heavy atom. The van der Waals surface area contributed by atoms with E-state index in [1.807, 2.05) is 0 Å². The third-order valence-electron chi connectivity index (χ3n) is 9.26. The second-order valence-electron chi connectivity index (χ2n) is 13.4. The van der Waals surface area contributed by atoms with Crippen LogP contribution in [-0.4, -0.2) is 41.7 Å². The van der Waals surface area contributed by atoms with Crippen molar-refractivity contribution in [3.05, 3.63) is 0 Å². The predicted molar refractivity (Wildman–Crippen MR) is 187 cm³/mol. The standard InChI is InChI=1S/C38H78N2O2/c1-3-5-7-9-11-13-15-17-19-21-23-25-27-31-35-40(37(38(41)42)33-29-30-34-39)36-32-28-26-24-22-20-18-16-14-12-10-8-6-4-2/h37H,3-36,39H2,1-2H3,(H,41,42). The lowest BCUT2D eigenvalue weighted by Crippen LogP contribution is -2.42. The van der Waals surface area contributed by atoms with E-state index in [1.165, 1.54) is 167 Å². The van der Waals surface area contributed by atoms with Crippen LogP contribution in [0, 0.1) is 0 Å². The van der Waals surface area contributed by atoms with Crippen molar-refractivity contribution in [2.24, 2.45) is 5.73 Å². The van der Waals surface area contributed by atoms with Crippen molar-refractivity contribution in [3.63, 3.8) is 0 Å². The van der Waals surface area contributed by atoms with Crippen molar-refractivity contribution >= 4 is 5.97 Å². The lowest BCUT2D eigenvalue weighted by Gasteiger charge is -2.29. The Balaban J connectivity index is 4.03. The van der Waals surface area contributed by atoms with Crippen LogP contribution in [0.15, 0.2) is 0 Å². The zero-order chi connectivity index (χ0) is 30.8. The monoisotopic (exact) mass is 595 g/mol. The highest BCUT2D eigenvalue weighted by atomic mass is 16.4. The van der Waals surface area contributed by atoms with Gasteiger partial charge in [-0.3, -0.25) is 9.69 Å². The first-order valence-corrected chi connectivity index (χ1v) is 19.3. The van der Waals surface area contributed by atoms with Gasteiger partial charge < -0.3 is 10.8 Å². The fourth-order valence-electron chi connectivity index (χ4n) is 6.39. The first-order valence-electron chi connectivity index (χ1n) is 19.3. The van der Waals surface area contributed by atoms with Crippen molar-refractivity contribution in [1.29, 1.82) is 0 Å². The van der Waals surface area contributed by atoms with Crippen LogP contribution < -0.4 is 5.73 Å². The lowest BCUT2D eigenvalue weighted by atomic mass is 10.0. The Kier molecular flexibility index (Phi) is 34.4. The fraction of sp³-hybridized carbons (Fsp3) is 0.974. The summed E-state index contributed by atoms with van der Waals surface area (Å²) >= 11 is 0. The zero-order valence-electron chi connectivity index (χ0n) is 29.0.